The van der Waals surface area contributed by atoms with Crippen LogP contribution in [-0.2, 0) is 12.8 Å². The number of thiophene rings is 1. The average molecular weight is 392 g/mol. The second-order valence-electron chi connectivity index (χ2n) is 7.57. The number of fused-ring (bicyclic) bond motifs is 3. The molecule has 3 aromatic rings. The van der Waals surface area contributed by atoms with Gasteiger partial charge in [0.2, 0.25) is 0 Å². The third-order valence-electron chi connectivity index (χ3n) is 5.79. The Balaban J connectivity index is 1.61. The zero-order valence-corrected chi connectivity index (χ0v) is 16.9. The Bertz CT molecular complexity index is 989. The lowest BCUT2D eigenvalue weighted by Gasteiger charge is -2.35. The summed E-state index contributed by atoms with van der Waals surface area (Å²) in [5.74, 6) is 1.95. The number of aromatic nitrogens is 3. The zero-order valence-electron chi connectivity index (χ0n) is 16.1. The molecule has 144 valence electrons. The van der Waals surface area contributed by atoms with Gasteiger partial charge in [0.05, 0.1) is 5.39 Å². The van der Waals surface area contributed by atoms with Crippen LogP contribution in [0.4, 0.5) is 5.82 Å². The van der Waals surface area contributed by atoms with Crippen LogP contribution < -0.4 is 4.90 Å². The van der Waals surface area contributed by atoms with Crippen LogP contribution in [0, 0.1) is 0 Å². The van der Waals surface area contributed by atoms with Gasteiger partial charge in [-0.05, 0) is 43.4 Å². The lowest BCUT2D eigenvalue weighted by molar-refractivity contribution is 0.284. The summed E-state index contributed by atoms with van der Waals surface area (Å²) < 4.78 is 0. The Morgan fingerprint density at radius 3 is 2.61 bits per heavy atom. The van der Waals surface area contributed by atoms with E-state index < -0.39 is 0 Å². The fraction of sp³-hybridized carbons (Fsp3) is 0.409. The molecule has 0 atom stereocenters. The molecule has 2 aliphatic rings. The van der Waals surface area contributed by atoms with Gasteiger partial charge in [0, 0.05) is 55.6 Å². The zero-order chi connectivity index (χ0) is 18.9. The van der Waals surface area contributed by atoms with Gasteiger partial charge >= 0.3 is 0 Å². The van der Waals surface area contributed by atoms with Crippen molar-refractivity contribution in [2.45, 2.75) is 25.7 Å². The second kappa shape index (κ2) is 7.60. The van der Waals surface area contributed by atoms with Gasteiger partial charge in [-0.15, -0.1) is 17.9 Å². The average Bonchev–Trinajstić information content (AvgIpc) is 3.13. The molecule has 5 rings (SSSR count). The minimum atomic E-state index is 0.817. The summed E-state index contributed by atoms with van der Waals surface area (Å²) in [5, 5.41) is 1.31. The molecule has 1 aliphatic heterocycles. The van der Waals surface area contributed by atoms with Crippen LogP contribution in [0.25, 0.3) is 21.6 Å². The van der Waals surface area contributed by atoms with Gasteiger partial charge in [-0.2, -0.15) is 0 Å². The van der Waals surface area contributed by atoms with Gasteiger partial charge in [-0.3, -0.25) is 9.88 Å². The minimum absolute atomic E-state index is 0.817. The molecule has 0 bridgehead atoms. The summed E-state index contributed by atoms with van der Waals surface area (Å²) in [4.78, 5) is 21.8. The van der Waals surface area contributed by atoms with Crippen LogP contribution >= 0.6 is 11.3 Å². The van der Waals surface area contributed by atoms with Crippen LogP contribution in [0.1, 0.15) is 23.3 Å². The predicted octanol–water partition coefficient (Wildman–Crippen LogP) is 3.94. The Kier molecular flexibility index (Phi) is 4.82. The van der Waals surface area contributed by atoms with Crippen LogP contribution in [0.5, 0.6) is 0 Å². The topological polar surface area (TPSA) is 45.2 Å². The summed E-state index contributed by atoms with van der Waals surface area (Å²) in [5.41, 5.74) is 2.55. The van der Waals surface area contributed by atoms with Crippen molar-refractivity contribution in [1.29, 1.82) is 0 Å². The molecule has 4 heterocycles. The van der Waals surface area contributed by atoms with E-state index in [9.17, 15) is 0 Å². The van der Waals surface area contributed by atoms with Crippen LogP contribution in [0.3, 0.4) is 0 Å². The largest absolute Gasteiger partial charge is 0.353 e. The SMILES string of the molecule is C=CCN1CCN(c2nc(-c3ccncc3)nc3sc4c(c23)CCCC4)CC1. The number of hydrogen-bond acceptors (Lipinski definition) is 6. The normalized spacial score (nSPS) is 17.6. The molecule has 3 aromatic heterocycles. The molecule has 5 nitrogen and oxygen atoms in total. The minimum Gasteiger partial charge on any atom is -0.353 e. The summed E-state index contributed by atoms with van der Waals surface area (Å²) in [7, 11) is 0. The smallest absolute Gasteiger partial charge is 0.163 e. The van der Waals surface area contributed by atoms with Gasteiger partial charge in [0.25, 0.3) is 0 Å². The summed E-state index contributed by atoms with van der Waals surface area (Å²) in [6.45, 7) is 8.94. The van der Waals surface area contributed by atoms with Gasteiger partial charge < -0.3 is 4.90 Å². The van der Waals surface area contributed by atoms with E-state index in [1.807, 2.05) is 41.9 Å². The molecule has 0 unspecified atom stereocenters. The highest BCUT2D eigenvalue weighted by Crippen LogP contribution is 2.40. The number of pyridine rings is 1. The predicted molar refractivity (Wildman–Crippen MR) is 116 cm³/mol. The van der Waals surface area contributed by atoms with Crippen molar-refractivity contribution in [3.05, 3.63) is 47.6 Å². The quantitative estimate of drug-likeness (QED) is 0.631. The highest BCUT2D eigenvalue weighted by Gasteiger charge is 2.26. The Hall–Kier alpha value is -2.31. The first kappa shape index (κ1) is 17.8. The van der Waals surface area contributed by atoms with E-state index in [4.69, 9.17) is 9.97 Å². The standard InChI is InChI=1S/C22H25N5S/c1-2-11-26-12-14-27(15-13-26)21-19-17-5-3-4-6-18(17)28-22(19)25-20(24-21)16-7-9-23-10-8-16/h2,7-10H,1,3-6,11-15H2. The number of anilines is 1. The van der Waals surface area contributed by atoms with E-state index >= 15 is 0 Å². The Labute approximate surface area is 169 Å². The van der Waals surface area contributed by atoms with E-state index in [1.54, 1.807) is 0 Å². The third-order valence-corrected chi connectivity index (χ3v) is 6.98. The maximum Gasteiger partial charge on any atom is 0.163 e. The summed E-state index contributed by atoms with van der Waals surface area (Å²) in [6, 6.07) is 4.00. The summed E-state index contributed by atoms with van der Waals surface area (Å²) >= 11 is 1.88. The molecule has 0 aromatic carbocycles. The first-order chi connectivity index (χ1) is 13.8. The number of nitrogens with zero attached hydrogens (tertiary/aromatic N) is 5. The fourth-order valence-electron chi connectivity index (χ4n) is 4.32. The third kappa shape index (κ3) is 3.20. The number of aryl methyl sites for hydroxylation is 2. The van der Waals surface area contributed by atoms with Crippen LogP contribution in [-0.4, -0.2) is 52.6 Å². The lowest BCUT2D eigenvalue weighted by atomic mass is 9.96. The molecule has 28 heavy (non-hydrogen) atoms. The van der Waals surface area contributed by atoms with Crippen molar-refractivity contribution >= 4 is 27.4 Å². The molecule has 1 fully saturated rings. The van der Waals surface area contributed by atoms with Gasteiger partial charge in [-0.1, -0.05) is 6.08 Å². The number of piperazine rings is 1. The Morgan fingerprint density at radius 1 is 1.04 bits per heavy atom. The highest BCUT2D eigenvalue weighted by molar-refractivity contribution is 7.19. The molecule has 0 N–H and O–H groups in total. The molecule has 0 radical (unpaired) electrons. The molecule has 0 amide bonds. The van der Waals surface area contributed by atoms with Crippen LogP contribution in [0.2, 0.25) is 0 Å². The van der Waals surface area contributed by atoms with Gasteiger partial charge in [0.1, 0.15) is 10.6 Å². The fourth-order valence-corrected chi connectivity index (χ4v) is 5.58. The van der Waals surface area contributed by atoms with E-state index in [0.717, 1.165) is 61.2 Å². The van der Waals surface area contributed by atoms with Crippen LogP contribution in [0.15, 0.2) is 37.2 Å². The van der Waals surface area contributed by atoms with E-state index in [1.165, 1.54) is 35.1 Å². The molecule has 1 saturated heterocycles. The number of hydrogen-bond donors (Lipinski definition) is 0. The highest BCUT2D eigenvalue weighted by atomic mass is 32.1. The molecular weight excluding hydrogens is 366 g/mol. The van der Waals surface area contributed by atoms with Crippen molar-refractivity contribution in [1.82, 2.24) is 19.9 Å². The monoisotopic (exact) mass is 391 g/mol. The maximum absolute atomic E-state index is 5.10. The molecular formula is C22H25N5S. The molecule has 6 heteroatoms. The van der Waals surface area contributed by atoms with E-state index in [0.29, 0.717) is 0 Å². The van der Waals surface area contributed by atoms with Crippen molar-refractivity contribution in [3.63, 3.8) is 0 Å². The van der Waals surface area contributed by atoms with Gasteiger partial charge in [-0.25, -0.2) is 9.97 Å². The Morgan fingerprint density at radius 2 is 1.82 bits per heavy atom. The number of rotatable bonds is 4. The first-order valence-corrected chi connectivity index (χ1v) is 11.0. The van der Waals surface area contributed by atoms with E-state index in [-0.39, 0.29) is 0 Å². The summed E-state index contributed by atoms with van der Waals surface area (Å²) in [6.07, 6.45) is 10.5. The maximum atomic E-state index is 5.10. The van der Waals surface area contributed by atoms with Crippen molar-refractivity contribution < 1.29 is 0 Å². The second-order valence-corrected chi connectivity index (χ2v) is 8.66. The molecule has 0 saturated carbocycles. The lowest BCUT2D eigenvalue weighted by Crippen LogP contribution is -2.46. The molecule has 1 aliphatic carbocycles. The first-order valence-electron chi connectivity index (χ1n) is 10.1. The molecule has 0 spiro atoms. The van der Waals surface area contributed by atoms with Crippen molar-refractivity contribution in [2.24, 2.45) is 0 Å². The van der Waals surface area contributed by atoms with E-state index in [2.05, 4.69) is 21.4 Å². The van der Waals surface area contributed by atoms with Crippen molar-refractivity contribution in [2.75, 3.05) is 37.6 Å². The van der Waals surface area contributed by atoms with Crippen molar-refractivity contribution in [3.8, 4) is 11.4 Å². The van der Waals surface area contributed by atoms with Gasteiger partial charge in [0.15, 0.2) is 5.82 Å².